The Balaban J connectivity index is 2.61. The van der Waals surface area contributed by atoms with Gasteiger partial charge in [-0.05, 0) is 57.1 Å². The van der Waals surface area contributed by atoms with Gasteiger partial charge in [0.2, 0.25) is 0 Å². The van der Waals surface area contributed by atoms with E-state index < -0.39 is 0 Å². The number of benzene rings is 1. The van der Waals surface area contributed by atoms with Gasteiger partial charge in [-0.2, -0.15) is 0 Å². The maximum absolute atomic E-state index is 11.8. The highest BCUT2D eigenvalue weighted by molar-refractivity contribution is 7.80. The molecule has 5 heteroatoms. The number of ether oxygens (including phenoxy) is 2. The number of methoxy groups -OCH3 is 1. The largest absolute Gasteiger partial charge is 0.497 e. The molecule has 0 bridgehead atoms. The summed E-state index contributed by atoms with van der Waals surface area (Å²) >= 11 is 5.25. The molecule has 0 aliphatic rings. The molecule has 22 heavy (non-hydrogen) atoms. The number of Topliss-reactive ketones (excluding diaryl/α,β-unsaturated/α-hetero) is 1. The van der Waals surface area contributed by atoms with E-state index in [0.717, 1.165) is 24.4 Å². The number of thiocarbonyl (C=S) groups is 1. The zero-order valence-corrected chi connectivity index (χ0v) is 14.6. The first-order chi connectivity index (χ1) is 10.5. The van der Waals surface area contributed by atoms with Crippen LogP contribution in [0.5, 0.6) is 5.75 Å². The van der Waals surface area contributed by atoms with Crippen LogP contribution in [-0.4, -0.2) is 42.7 Å². The Morgan fingerprint density at radius 1 is 1.23 bits per heavy atom. The Labute approximate surface area is 138 Å². The zero-order valence-electron chi connectivity index (χ0n) is 13.8. The predicted molar refractivity (Wildman–Crippen MR) is 92.3 cm³/mol. The van der Waals surface area contributed by atoms with E-state index in [1.807, 2.05) is 43.0 Å². The molecule has 0 saturated heterocycles. The SMILES string of the molecule is CCN(CC)C(=S)OCC(Cc1ccc(OC)cc1)C(C)=O. The van der Waals surface area contributed by atoms with Gasteiger partial charge >= 0.3 is 0 Å². The lowest BCUT2D eigenvalue weighted by molar-refractivity contribution is -0.121. The molecule has 0 fully saturated rings. The summed E-state index contributed by atoms with van der Waals surface area (Å²) in [7, 11) is 1.63. The van der Waals surface area contributed by atoms with Gasteiger partial charge in [-0.1, -0.05) is 12.1 Å². The summed E-state index contributed by atoms with van der Waals surface area (Å²) in [5, 5.41) is 0.464. The van der Waals surface area contributed by atoms with E-state index >= 15 is 0 Å². The summed E-state index contributed by atoms with van der Waals surface area (Å²) < 4.78 is 10.8. The molecule has 1 aromatic rings. The van der Waals surface area contributed by atoms with Gasteiger partial charge in [-0.25, -0.2) is 0 Å². The van der Waals surface area contributed by atoms with Crippen molar-refractivity contribution in [1.82, 2.24) is 4.90 Å². The number of carbonyl (C=O) groups is 1. The van der Waals surface area contributed by atoms with Crippen LogP contribution in [0.25, 0.3) is 0 Å². The van der Waals surface area contributed by atoms with E-state index in [2.05, 4.69) is 0 Å². The lowest BCUT2D eigenvalue weighted by Crippen LogP contribution is -2.33. The molecule has 0 aliphatic carbocycles. The summed E-state index contributed by atoms with van der Waals surface area (Å²) in [6.45, 7) is 7.57. The van der Waals surface area contributed by atoms with Gasteiger partial charge in [0.05, 0.1) is 13.0 Å². The van der Waals surface area contributed by atoms with E-state index in [9.17, 15) is 4.79 Å². The first kappa shape index (κ1) is 18.4. The quantitative estimate of drug-likeness (QED) is 0.688. The Morgan fingerprint density at radius 3 is 2.27 bits per heavy atom. The van der Waals surface area contributed by atoms with Crippen LogP contribution in [0.1, 0.15) is 26.3 Å². The normalized spacial score (nSPS) is 11.6. The predicted octanol–water partition coefficient (Wildman–Crippen LogP) is 3.09. The molecule has 1 rings (SSSR count). The molecular weight excluding hydrogens is 298 g/mol. The third kappa shape index (κ3) is 5.64. The van der Waals surface area contributed by atoms with Crippen molar-refractivity contribution in [2.45, 2.75) is 27.2 Å². The number of rotatable bonds is 8. The first-order valence-electron chi connectivity index (χ1n) is 7.56. The molecule has 0 saturated carbocycles. The lowest BCUT2D eigenvalue weighted by Gasteiger charge is -2.23. The Morgan fingerprint density at radius 2 is 1.82 bits per heavy atom. The topological polar surface area (TPSA) is 38.8 Å². The zero-order chi connectivity index (χ0) is 16.5. The highest BCUT2D eigenvalue weighted by Crippen LogP contribution is 2.16. The van der Waals surface area contributed by atoms with Crippen molar-refractivity contribution in [1.29, 1.82) is 0 Å². The maximum atomic E-state index is 11.8. The molecule has 0 radical (unpaired) electrons. The Bertz CT molecular complexity index is 483. The van der Waals surface area contributed by atoms with Crippen molar-refractivity contribution in [2.24, 2.45) is 5.92 Å². The van der Waals surface area contributed by atoms with Gasteiger partial charge in [-0.15, -0.1) is 0 Å². The summed E-state index contributed by atoms with van der Waals surface area (Å²) in [5.41, 5.74) is 1.08. The van der Waals surface area contributed by atoms with Crippen LogP contribution in [0.15, 0.2) is 24.3 Å². The fourth-order valence-corrected chi connectivity index (χ4v) is 2.44. The van der Waals surface area contributed by atoms with Crippen molar-refractivity contribution in [2.75, 3.05) is 26.8 Å². The summed E-state index contributed by atoms with van der Waals surface area (Å²) in [5.74, 6) is 0.724. The third-order valence-electron chi connectivity index (χ3n) is 3.65. The number of nitrogens with zero attached hydrogens (tertiary/aromatic N) is 1. The van der Waals surface area contributed by atoms with Gasteiger partial charge in [0, 0.05) is 13.1 Å². The molecule has 0 spiro atoms. The Hall–Kier alpha value is -1.62. The minimum absolute atomic E-state index is 0.109. The van der Waals surface area contributed by atoms with Crippen molar-refractivity contribution in [3.63, 3.8) is 0 Å². The maximum Gasteiger partial charge on any atom is 0.259 e. The molecule has 0 aliphatic heterocycles. The van der Waals surface area contributed by atoms with E-state index in [4.69, 9.17) is 21.7 Å². The lowest BCUT2D eigenvalue weighted by atomic mass is 9.97. The standard InChI is InChI=1S/C17H25NO3S/c1-5-18(6-2)17(22)21-12-15(13(3)19)11-14-7-9-16(20-4)10-8-14/h7-10,15H,5-6,11-12H2,1-4H3. The van der Waals surface area contributed by atoms with Crippen LogP contribution in [0.2, 0.25) is 0 Å². The van der Waals surface area contributed by atoms with E-state index in [1.165, 1.54) is 0 Å². The molecule has 1 atom stereocenters. The number of hydrogen-bond donors (Lipinski definition) is 0. The van der Waals surface area contributed by atoms with Crippen LogP contribution in [-0.2, 0) is 16.0 Å². The minimum atomic E-state index is -0.193. The van der Waals surface area contributed by atoms with Crippen LogP contribution in [0, 0.1) is 5.92 Å². The van der Waals surface area contributed by atoms with Crippen LogP contribution < -0.4 is 4.74 Å². The van der Waals surface area contributed by atoms with Crippen molar-refractivity contribution >= 4 is 23.2 Å². The second-order valence-corrected chi connectivity index (χ2v) is 5.46. The summed E-state index contributed by atoms with van der Waals surface area (Å²) in [6.07, 6.45) is 0.639. The van der Waals surface area contributed by atoms with Crippen molar-refractivity contribution in [3.05, 3.63) is 29.8 Å². The summed E-state index contributed by atoms with van der Waals surface area (Å²) in [4.78, 5) is 13.8. The second-order valence-electron chi connectivity index (χ2n) is 5.11. The Kier molecular flexibility index (Phi) is 7.88. The molecule has 0 heterocycles. The van der Waals surface area contributed by atoms with E-state index in [-0.39, 0.29) is 11.7 Å². The van der Waals surface area contributed by atoms with Gasteiger partial charge in [-0.3, -0.25) is 4.79 Å². The molecular formula is C17H25NO3S. The van der Waals surface area contributed by atoms with Crippen molar-refractivity contribution in [3.8, 4) is 5.75 Å². The highest BCUT2D eigenvalue weighted by Gasteiger charge is 2.18. The van der Waals surface area contributed by atoms with Crippen LogP contribution in [0.4, 0.5) is 0 Å². The third-order valence-corrected chi connectivity index (χ3v) is 4.02. The van der Waals surface area contributed by atoms with Gasteiger partial charge in [0.25, 0.3) is 5.17 Å². The van der Waals surface area contributed by atoms with Gasteiger partial charge in [0.15, 0.2) is 0 Å². The molecule has 1 unspecified atom stereocenters. The molecule has 4 nitrogen and oxygen atoms in total. The monoisotopic (exact) mass is 323 g/mol. The first-order valence-corrected chi connectivity index (χ1v) is 7.97. The smallest absolute Gasteiger partial charge is 0.259 e. The highest BCUT2D eigenvalue weighted by atomic mass is 32.1. The molecule has 0 N–H and O–H groups in total. The average Bonchev–Trinajstić information content (AvgIpc) is 2.52. The summed E-state index contributed by atoms with van der Waals surface area (Å²) in [6, 6.07) is 7.73. The molecule has 122 valence electrons. The number of ketones is 1. The number of hydrogen-bond acceptors (Lipinski definition) is 4. The van der Waals surface area contributed by atoms with E-state index in [1.54, 1.807) is 14.0 Å². The molecule has 0 amide bonds. The van der Waals surface area contributed by atoms with Crippen LogP contribution >= 0.6 is 12.2 Å². The fraction of sp³-hybridized carbons (Fsp3) is 0.529. The minimum Gasteiger partial charge on any atom is -0.497 e. The molecule has 0 aromatic heterocycles. The van der Waals surface area contributed by atoms with Crippen molar-refractivity contribution < 1.29 is 14.3 Å². The van der Waals surface area contributed by atoms with E-state index in [0.29, 0.717) is 18.2 Å². The average molecular weight is 323 g/mol. The molecule has 1 aromatic carbocycles. The second kappa shape index (κ2) is 9.41. The number of carbonyl (C=O) groups excluding carboxylic acids is 1. The van der Waals surface area contributed by atoms with Gasteiger partial charge in [0.1, 0.15) is 18.1 Å². The van der Waals surface area contributed by atoms with Crippen LogP contribution in [0.3, 0.4) is 0 Å². The van der Waals surface area contributed by atoms with Gasteiger partial charge < -0.3 is 14.4 Å². The fourth-order valence-electron chi connectivity index (χ4n) is 2.11.